The first kappa shape index (κ1) is 15.5. The predicted octanol–water partition coefficient (Wildman–Crippen LogP) is 6.49. The van der Waals surface area contributed by atoms with E-state index in [1.54, 1.807) is 24.3 Å². The number of hydrogen-bond donors (Lipinski definition) is 0. The number of carbonyl (C=O) groups excluding carboxylic acids is 1. The molecule has 0 N–H and O–H groups in total. The van der Waals surface area contributed by atoms with Crippen molar-refractivity contribution in [1.82, 2.24) is 4.98 Å². The lowest BCUT2D eigenvalue weighted by Gasteiger charge is -2.02. The second-order valence-electron chi connectivity index (χ2n) is 6.19. The second kappa shape index (κ2) is 5.90. The molecule has 5 aromatic rings. The van der Waals surface area contributed by atoms with Crippen molar-refractivity contribution in [2.75, 3.05) is 0 Å². The summed E-state index contributed by atoms with van der Waals surface area (Å²) in [7, 11) is 0. The van der Waals surface area contributed by atoms with E-state index in [4.69, 9.17) is 16.6 Å². The summed E-state index contributed by atoms with van der Waals surface area (Å²) in [5.41, 5.74) is 1.61. The van der Waals surface area contributed by atoms with Crippen LogP contribution in [0.5, 0.6) is 0 Å². The fourth-order valence-corrected chi connectivity index (χ4v) is 4.33. The van der Waals surface area contributed by atoms with Gasteiger partial charge in [-0.3, -0.25) is 4.79 Å². The molecule has 5 rings (SSSR count). The van der Waals surface area contributed by atoms with Crippen LogP contribution < -0.4 is 0 Å². The number of carbonyl (C=O) groups is 1. The summed E-state index contributed by atoms with van der Waals surface area (Å²) in [6, 6.07) is 23.4. The summed E-state index contributed by atoms with van der Waals surface area (Å²) in [5, 5.41) is 5.00. The molecule has 0 bridgehead atoms. The molecular formula is C22H12ClNOS. The Morgan fingerprint density at radius 2 is 1.62 bits per heavy atom. The van der Waals surface area contributed by atoms with Crippen LogP contribution in [0.4, 0.5) is 0 Å². The molecule has 0 saturated heterocycles. The van der Waals surface area contributed by atoms with Crippen LogP contribution in [0.1, 0.15) is 15.2 Å². The van der Waals surface area contributed by atoms with E-state index in [0.29, 0.717) is 15.5 Å². The molecule has 2 aromatic heterocycles. The van der Waals surface area contributed by atoms with Crippen LogP contribution in [-0.4, -0.2) is 10.8 Å². The Kier molecular flexibility index (Phi) is 3.52. The summed E-state index contributed by atoms with van der Waals surface area (Å²) >= 11 is 7.35. The van der Waals surface area contributed by atoms with Crippen LogP contribution in [0.2, 0.25) is 5.02 Å². The van der Waals surface area contributed by atoms with Gasteiger partial charge in [0.2, 0.25) is 5.78 Å². The Balaban J connectivity index is 1.69. The average molecular weight is 374 g/mol. The monoisotopic (exact) mass is 373 g/mol. The van der Waals surface area contributed by atoms with Gasteiger partial charge >= 0.3 is 0 Å². The number of aromatic nitrogens is 1. The lowest BCUT2D eigenvalue weighted by Crippen LogP contribution is -1.97. The fraction of sp³-hybridized carbons (Fsp3) is 0. The summed E-state index contributed by atoms with van der Waals surface area (Å²) < 4.78 is 0. The topological polar surface area (TPSA) is 30.0 Å². The third kappa shape index (κ3) is 2.48. The Morgan fingerprint density at radius 1 is 0.846 bits per heavy atom. The molecule has 2 nitrogen and oxygen atoms in total. The van der Waals surface area contributed by atoms with Crippen LogP contribution in [-0.2, 0) is 0 Å². The molecule has 0 fully saturated rings. The van der Waals surface area contributed by atoms with Crippen molar-refractivity contribution in [3.05, 3.63) is 88.3 Å². The molecular weight excluding hydrogens is 362 g/mol. The fourth-order valence-electron chi connectivity index (χ4n) is 3.22. The minimum atomic E-state index is -0.00131. The van der Waals surface area contributed by atoms with Gasteiger partial charge < -0.3 is 0 Å². The highest BCUT2D eigenvalue weighted by Crippen LogP contribution is 2.32. The maximum Gasteiger partial charge on any atom is 0.203 e. The van der Waals surface area contributed by atoms with E-state index in [1.165, 1.54) is 16.7 Å². The molecule has 0 radical (unpaired) electrons. The van der Waals surface area contributed by atoms with Crippen LogP contribution in [0.15, 0.2) is 72.8 Å². The van der Waals surface area contributed by atoms with E-state index in [-0.39, 0.29) is 5.78 Å². The van der Waals surface area contributed by atoms with E-state index in [0.717, 1.165) is 26.5 Å². The van der Waals surface area contributed by atoms with Gasteiger partial charge in [-0.05, 0) is 41.8 Å². The summed E-state index contributed by atoms with van der Waals surface area (Å²) in [5.74, 6) is -0.00131. The zero-order chi connectivity index (χ0) is 17.7. The molecule has 0 aliphatic carbocycles. The SMILES string of the molecule is O=C(c1ccc(Cl)cc1)c1cc2cc3ccc4ccccc4c3nc2s1. The second-order valence-corrected chi connectivity index (χ2v) is 7.65. The van der Waals surface area contributed by atoms with Crippen LogP contribution >= 0.6 is 22.9 Å². The number of nitrogens with zero attached hydrogens (tertiary/aromatic N) is 1. The van der Waals surface area contributed by atoms with Crippen LogP contribution in [0.25, 0.3) is 31.9 Å². The number of rotatable bonds is 2. The lowest BCUT2D eigenvalue weighted by molar-refractivity contribution is 0.104. The summed E-state index contributed by atoms with van der Waals surface area (Å²) in [6.07, 6.45) is 0. The Hall–Kier alpha value is -2.75. The number of pyridine rings is 1. The van der Waals surface area contributed by atoms with Gasteiger partial charge in [0.05, 0.1) is 10.4 Å². The van der Waals surface area contributed by atoms with Gasteiger partial charge in [-0.1, -0.05) is 48.0 Å². The minimum absolute atomic E-state index is 0.00131. The van der Waals surface area contributed by atoms with Gasteiger partial charge in [-0.15, -0.1) is 11.3 Å². The highest BCUT2D eigenvalue weighted by Gasteiger charge is 2.14. The van der Waals surface area contributed by atoms with E-state index >= 15 is 0 Å². The number of ketones is 1. The molecule has 0 aliphatic rings. The lowest BCUT2D eigenvalue weighted by atomic mass is 10.1. The third-order valence-corrected chi connectivity index (χ3v) is 5.82. The first-order valence-corrected chi connectivity index (χ1v) is 9.41. The van der Waals surface area contributed by atoms with Gasteiger partial charge in [0.25, 0.3) is 0 Å². The number of fused-ring (bicyclic) bond motifs is 4. The van der Waals surface area contributed by atoms with Crippen molar-refractivity contribution in [1.29, 1.82) is 0 Å². The Morgan fingerprint density at radius 3 is 2.46 bits per heavy atom. The summed E-state index contributed by atoms with van der Waals surface area (Å²) in [4.78, 5) is 19.2. The van der Waals surface area contributed by atoms with Gasteiger partial charge in [-0.2, -0.15) is 0 Å². The molecule has 0 aliphatic heterocycles. The molecule has 0 unspecified atom stereocenters. The van der Waals surface area contributed by atoms with Crippen molar-refractivity contribution in [3.63, 3.8) is 0 Å². The Labute approximate surface area is 158 Å². The largest absolute Gasteiger partial charge is 0.288 e. The van der Waals surface area contributed by atoms with Crippen molar-refractivity contribution < 1.29 is 4.79 Å². The molecule has 0 saturated carbocycles. The van der Waals surface area contributed by atoms with Crippen molar-refractivity contribution in [3.8, 4) is 0 Å². The number of hydrogen-bond acceptors (Lipinski definition) is 3. The first-order chi connectivity index (χ1) is 12.7. The maximum absolute atomic E-state index is 12.8. The molecule has 3 aromatic carbocycles. The van der Waals surface area contributed by atoms with E-state index in [1.807, 2.05) is 18.2 Å². The van der Waals surface area contributed by atoms with Crippen LogP contribution in [0, 0.1) is 0 Å². The smallest absolute Gasteiger partial charge is 0.203 e. The van der Waals surface area contributed by atoms with Crippen LogP contribution in [0.3, 0.4) is 0 Å². The molecule has 2 heterocycles. The van der Waals surface area contributed by atoms with E-state index in [9.17, 15) is 4.79 Å². The number of thiophene rings is 1. The summed E-state index contributed by atoms with van der Waals surface area (Å²) in [6.45, 7) is 0. The van der Waals surface area contributed by atoms with Crippen molar-refractivity contribution >= 4 is 60.6 Å². The maximum atomic E-state index is 12.8. The average Bonchev–Trinajstić information content (AvgIpc) is 3.09. The number of benzene rings is 3. The van der Waals surface area contributed by atoms with Gasteiger partial charge in [0.15, 0.2) is 0 Å². The standard InChI is InChI=1S/C22H12ClNOS/c23-17-9-7-14(8-10-17)21(25)19-12-16-11-15-6-5-13-3-1-2-4-18(13)20(15)24-22(16)26-19/h1-12H. The normalized spacial score (nSPS) is 11.4. The molecule has 0 spiro atoms. The third-order valence-electron chi connectivity index (χ3n) is 4.53. The van der Waals surface area contributed by atoms with Gasteiger partial charge in [0, 0.05) is 26.7 Å². The van der Waals surface area contributed by atoms with E-state index in [2.05, 4.69) is 30.3 Å². The molecule has 4 heteroatoms. The molecule has 26 heavy (non-hydrogen) atoms. The molecule has 0 amide bonds. The van der Waals surface area contributed by atoms with Gasteiger partial charge in [0.1, 0.15) is 4.83 Å². The zero-order valence-electron chi connectivity index (χ0n) is 13.6. The van der Waals surface area contributed by atoms with Crippen molar-refractivity contribution in [2.45, 2.75) is 0 Å². The quantitative estimate of drug-likeness (QED) is 0.261. The zero-order valence-corrected chi connectivity index (χ0v) is 15.1. The number of halogens is 1. The van der Waals surface area contributed by atoms with Gasteiger partial charge in [-0.25, -0.2) is 4.98 Å². The Bertz CT molecular complexity index is 1300. The van der Waals surface area contributed by atoms with E-state index < -0.39 is 0 Å². The highest BCUT2D eigenvalue weighted by atomic mass is 35.5. The molecule has 124 valence electrons. The first-order valence-electron chi connectivity index (χ1n) is 8.21. The van der Waals surface area contributed by atoms with Crippen molar-refractivity contribution in [2.24, 2.45) is 0 Å². The molecule has 0 atom stereocenters. The minimum Gasteiger partial charge on any atom is -0.288 e. The predicted molar refractivity (Wildman–Crippen MR) is 110 cm³/mol. The highest BCUT2D eigenvalue weighted by molar-refractivity contribution is 7.20.